The molecule has 0 aromatic heterocycles. The minimum absolute atomic E-state index is 0.100. The van der Waals surface area contributed by atoms with Gasteiger partial charge in [-0.25, -0.2) is 0 Å². The van der Waals surface area contributed by atoms with Crippen molar-refractivity contribution in [2.75, 3.05) is 0 Å². The molecule has 1 aliphatic rings. The molecule has 0 bridgehead atoms. The number of aryl methyl sites for hydroxylation is 4. The maximum atomic E-state index is 14.1. The van der Waals surface area contributed by atoms with Crippen LogP contribution in [0, 0.1) is 0 Å². The van der Waals surface area contributed by atoms with Gasteiger partial charge in [-0.2, -0.15) is 0 Å². The molecule has 0 aliphatic heterocycles. The summed E-state index contributed by atoms with van der Waals surface area (Å²) in [7, 11) is 0. The summed E-state index contributed by atoms with van der Waals surface area (Å²) in [4.78, 5) is 28.2. The van der Waals surface area contributed by atoms with Gasteiger partial charge in [0.05, 0.1) is 0 Å². The number of carbonyl (C=O) groups is 2. The Labute approximate surface area is 194 Å². The molecular weight excluding hydrogens is 392 g/mol. The standard InChI is InChI=1S/C30H40O2/c1-5-9-13-21-17-18-22(14-10-6-2)26-25(21)29(31)27-23(15-11-7-3)19-20-24(16-12-8-4)28(27)30(26)32/h17-20H,5-16H2,1-4H3. The molecule has 0 spiro atoms. The first-order chi connectivity index (χ1) is 15.6. The highest BCUT2D eigenvalue weighted by Gasteiger charge is 2.36. The maximum absolute atomic E-state index is 14.1. The van der Waals surface area contributed by atoms with E-state index < -0.39 is 0 Å². The lowest BCUT2D eigenvalue weighted by molar-refractivity contribution is 0.0976. The third kappa shape index (κ3) is 4.90. The van der Waals surface area contributed by atoms with Crippen LogP contribution in [-0.2, 0) is 25.7 Å². The smallest absolute Gasteiger partial charge is 0.195 e. The Kier molecular flexibility index (Phi) is 8.84. The fourth-order valence-corrected chi connectivity index (χ4v) is 4.97. The van der Waals surface area contributed by atoms with Crippen molar-refractivity contribution in [3.8, 4) is 0 Å². The number of rotatable bonds is 12. The molecule has 2 aromatic carbocycles. The second kappa shape index (κ2) is 11.6. The van der Waals surface area contributed by atoms with E-state index in [1.54, 1.807) is 0 Å². The zero-order chi connectivity index (χ0) is 23.1. The van der Waals surface area contributed by atoms with Gasteiger partial charge in [-0.1, -0.05) is 77.6 Å². The van der Waals surface area contributed by atoms with Gasteiger partial charge in [-0.15, -0.1) is 0 Å². The molecule has 0 fully saturated rings. The second-order valence-corrected chi connectivity index (χ2v) is 9.34. The van der Waals surface area contributed by atoms with Gasteiger partial charge in [0.2, 0.25) is 0 Å². The maximum Gasteiger partial charge on any atom is 0.195 e. The molecule has 0 saturated carbocycles. The van der Waals surface area contributed by atoms with Crippen LogP contribution in [0.5, 0.6) is 0 Å². The van der Waals surface area contributed by atoms with Crippen molar-refractivity contribution in [2.45, 2.75) is 105 Å². The predicted octanol–water partition coefficient (Wildman–Crippen LogP) is 7.83. The minimum atomic E-state index is 0.100. The predicted molar refractivity (Wildman–Crippen MR) is 134 cm³/mol. The molecule has 32 heavy (non-hydrogen) atoms. The van der Waals surface area contributed by atoms with E-state index in [0.29, 0.717) is 0 Å². The quantitative estimate of drug-likeness (QED) is 0.292. The normalized spacial score (nSPS) is 12.8. The Morgan fingerprint density at radius 1 is 0.438 bits per heavy atom. The van der Waals surface area contributed by atoms with Crippen molar-refractivity contribution >= 4 is 11.6 Å². The summed E-state index contributed by atoms with van der Waals surface area (Å²) in [6, 6.07) is 8.51. The average molecular weight is 433 g/mol. The zero-order valence-electron chi connectivity index (χ0n) is 20.6. The van der Waals surface area contributed by atoms with E-state index in [-0.39, 0.29) is 11.6 Å². The van der Waals surface area contributed by atoms with Gasteiger partial charge in [-0.05, 0) is 73.6 Å². The molecule has 2 nitrogen and oxygen atoms in total. The number of fused-ring (bicyclic) bond motifs is 2. The first-order valence-corrected chi connectivity index (χ1v) is 13.0. The highest BCUT2D eigenvalue weighted by atomic mass is 16.1. The first-order valence-electron chi connectivity index (χ1n) is 13.0. The van der Waals surface area contributed by atoms with Crippen LogP contribution in [0.15, 0.2) is 24.3 Å². The number of unbranched alkanes of at least 4 members (excludes halogenated alkanes) is 4. The Morgan fingerprint density at radius 3 is 0.844 bits per heavy atom. The Bertz CT molecular complexity index is 814. The lowest BCUT2D eigenvalue weighted by Crippen LogP contribution is -2.27. The van der Waals surface area contributed by atoms with E-state index in [2.05, 4.69) is 52.0 Å². The lowest BCUT2D eigenvalue weighted by atomic mass is 9.74. The third-order valence-corrected chi connectivity index (χ3v) is 6.86. The number of carbonyl (C=O) groups excluding carboxylic acids is 2. The first kappa shape index (κ1) is 24.4. The van der Waals surface area contributed by atoms with Gasteiger partial charge < -0.3 is 0 Å². The van der Waals surface area contributed by atoms with E-state index in [9.17, 15) is 9.59 Å². The molecule has 0 saturated heterocycles. The Morgan fingerprint density at radius 2 is 0.656 bits per heavy atom. The highest BCUT2D eigenvalue weighted by molar-refractivity contribution is 6.30. The molecule has 172 valence electrons. The van der Waals surface area contributed by atoms with E-state index in [1.807, 2.05) is 0 Å². The van der Waals surface area contributed by atoms with Crippen LogP contribution < -0.4 is 0 Å². The molecule has 1 aliphatic carbocycles. The van der Waals surface area contributed by atoms with Crippen molar-refractivity contribution in [3.63, 3.8) is 0 Å². The second-order valence-electron chi connectivity index (χ2n) is 9.34. The van der Waals surface area contributed by atoms with Crippen LogP contribution in [0.4, 0.5) is 0 Å². The van der Waals surface area contributed by atoms with Crippen molar-refractivity contribution in [3.05, 3.63) is 68.8 Å². The Balaban J connectivity index is 2.24. The van der Waals surface area contributed by atoms with Crippen LogP contribution >= 0.6 is 0 Å². The molecule has 0 radical (unpaired) electrons. The number of benzene rings is 2. The van der Waals surface area contributed by atoms with Gasteiger partial charge in [0, 0.05) is 22.3 Å². The zero-order valence-corrected chi connectivity index (χ0v) is 20.6. The topological polar surface area (TPSA) is 34.1 Å². The summed E-state index contributed by atoms with van der Waals surface area (Å²) in [6.45, 7) is 8.70. The number of ketones is 2. The molecule has 0 heterocycles. The summed E-state index contributed by atoms with van der Waals surface area (Å²) < 4.78 is 0. The van der Waals surface area contributed by atoms with Gasteiger partial charge in [-0.3, -0.25) is 9.59 Å². The number of hydrogen-bond donors (Lipinski definition) is 0. The van der Waals surface area contributed by atoms with Gasteiger partial charge >= 0.3 is 0 Å². The van der Waals surface area contributed by atoms with Gasteiger partial charge in [0.15, 0.2) is 11.6 Å². The number of hydrogen-bond acceptors (Lipinski definition) is 2. The average Bonchev–Trinajstić information content (AvgIpc) is 2.81. The van der Waals surface area contributed by atoms with Crippen LogP contribution in [0.3, 0.4) is 0 Å². The summed E-state index contributed by atoms with van der Waals surface area (Å²) in [5, 5.41) is 0. The molecule has 0 atom stereocenters. The monoisotopic (exact) mass is 432 g/mol. The van der Waals surface area contributed by atoms with E-state index in [4.69, 9.17) is 0 Å². The van der Waals surface area contributed by atoms with Crippen LogP contribution in [0.1, 0.15) is 133 Å². The van der Waals surface area contributed by atoms with Gasteiger partial charge in [0.1, 0.15) is 0 Å². The van der Waals surface area contributed by atoms with Crippen molar-refractivity contribution < 1.29 is 9.59 Å². The van der Waals surface area contributed by atoms with E-state index >= 15 is 0 Å². The molecule has 2 aromatic rings. The molecular formula is C30H40O2. The lowest BCUT2D eigenvalue weighted by Gasteiger charge is -2.27. The largest absolute Gasteiger partial charge is 0.289 e. The Hall–Kier alpha value is -2.22. The third-order valence-electron chi connectivity index (χ3n) is 6.86. The molecule has 0 N–H and O–H groups in total. The molecule has 0 amide bonds. The fraction of sp³-hybridized carbons (Fsp3) is 0.533. The summed E-state index contributed by atoms with van der Waals surface area (Å²) >= 11 is 0. The summed E-state index contributed by atoms with van der Waals surface area (Å²) in [5.74, 6) is 0.201. The molecule has 3 rings (SSSR count). The molecule has 2 heteroatoms. The van der Waals surface area contributed by atoms with E-state index in [0.717, 1.165) is 122 Å². The highest BCUT2D eigenvalue weighted by Crippen LogP contribution is 2.37. The van der Waals surface area contributed by atoms with Crippen LogP contribution in [0.2, 0.25) is 0 Å². The summed E-state index contributed by atoms with van der Waals surface area (Å²) in [6.07, 6.45) is 11.9. The van der Waals surface area contributed by atoms with Crippen molar-refractivity contribution in [1.82, 2.24) is 0 Å². The SMILES string of the molecule is CCCCc1ccc(CCCC)c2c1C(=O)c1c(CCCC)ccc(CCCC)c1C2=O. The minimum Gasteiger partial charge on any atom is -0.289 e. The van der Waals surface area contributed by atoms with Crippen molar-refractivity contribution in [2.24, 2.45) is 0 Å². The van der Waals surface area contributed by atoms with Crippen LogP contribution in [-0.4, -0.2) is 11.6 Å². The van der Waals surface area contributed by atoms with Crippen LogP contribution in [0.25, 0.3) is 0 Å². The molecule has 0 unspecified atom stereocenters. The summed E-state index contributed by atoms with van der Waals surface area (Å²) in [5.41, 5.74) is 7.12. The van der Waals surface area contributed by atoms with Crippen molar-refractivity contribution in [1.29, 1.82) is 0 Å². The fourth-order valence-electron chi connectivity index (χ4n) is 4.97. The van der Waals surface area contributed by atoms with E-state index in [1.165, 1.54) is 0 Å². The van der Waals surface area contributed by atoms with Gasteiger partial charge in [0.25, 0.3) is 0 Å².